The fraction of sp³-hybridized carbons (Fsp3) is 0.364. The maximum atomic E-state index is 15.3. The molecule has 0 bridgehead atoms. The van der Waals surface area contributed by atoms with Gasteiger partial charge in [0, 0.05) is 16.6 Å². The minimum absolute atomic E-state index is 0.0219. The maximum absolute atomic E-state index is 15.3. The number of amidine groups is 1. The van der Waals surface area contributed by atoms with Crippen molar-refractivity contribution in [3.8, 4) is 5.75 Å². The first-order chi connectivity index (χ1) is 15.1. The van der Waals surface area contributed by atoms with Gasteiger partial charge < -0.3 is 14.8 Å². The predicted molar refractivity (Wildman–Crippen MR) is 119 cm³/mol. The van der Waals surface area contributed by atoms with Crippen LogP contribution in [0.3, 0.4) is 0 Å². The normalized spacial score (nSPS) is 27.7. The lowest BCUT2D eigenvalue weighted by molar-refractivity contribution is -0.143. The van der Waals surface area contributed by atoms with Gasteiger partial charge in [-0.05, 0) is 42.8 Å². The standard InChI is InChI=1S/C22H20BrF3N2O3S/c1-20(15-10-13(23)6-9-16(15)24)17-21(18(29)31-3,22(17,25)26)32-19(28-20)27-11-12-4-7-14(30-2)8-5-12/h4-10,17H,11H2,1-3H3,(H,27,28)/t17-,20+,21+/m0/s1. The molecular weight excluding hydrogens is 509 g/mol. The van der Waals surface area contributed by atoms with Crippen molar-refractivity contribution in [2.75, 3.05) is 14.2 Å². The molecule has 1 fully saturated rings. The number of benzene rings is 2. The first-order valence-corrected chi connectivity index (χ1v) is 11.3. The molecule has 0 saturated heterocycles. The van der Waals surface area contributed by atoms with Crippen LogP contribution in [0, 0.1) is 11.7 Å². The van der Waals surface area contributed by atoms with Gasteiger partial charge in [-0.1, -0.05) is 39.8 Å². The number of hydrogen-bond acceptors (Lipinski definition) is 6. The summed E-state index contributed by atoms with van der Waals surface area (Å²) < 4.78 is 53.5. The molecule has 0 aromatic heterocycles. The Balaban J connectivity index is 1.74. The lowest BCUT2D eigenvalue weighted by atomic mass is 9.85. The zero-order chi connectivity index (χ0) is 23.3. The zero-order valence-corrected chi connectivity index (χ0v) is 19.8. The van der Waals surface area contributed by atoms with E-state index in [2.05, 4.69) is 26.2 Å². The second-order valence-electron chi connectivity index (χ2n) is 7.78. The molecule has 0 amide bonds. The Morgan fingerprint density at radius 1 is 1.22 bits per heavy atom. The SMILES string of the molecule is COC(=O)[C@]12SC(NCc3ccc(OC)cc3)=N[C@](C)(c3cc(Br)ccc3F)[C@@H]1C2(F)F. The molecule has 5 nitrogen and oxygen atoms in total. The van der Waals surface area contributed by atoms with E-state index in [1.807, 2.05) is 12.1 Å². The van der Waals surface area contributed by atoms with E-state index in [0.29, 0.717) is 22.0 Å². The van der Waals surface area contributed by atoms with Gasteiger partial charge in [0.2, 0.25) is 0 Å². The highest BCUT2D eigenvalue weighted by atomic mass is 79.9. The molecule has 1 N–H and O–H groups in total. The van der Waals surface area contributed by atoms with E-state index in [1.165, 1.54) is 25.1 Å². The number of rotatable bonds is 5. The van der Waals surface area contributed by atoms with Gasteiger partial charge in [-0.2, -0.15) is 0 Å². The molecule has 1 aliphatic heterocycles. The summed E-state index contributed by atoms with van der Waals surface area (Å²) in [6, 6.07) is 11.3. The average Bonchev–Trinajstić information content (AvgIpc) is 3.30. The highest BCUT2D eigenvalue weighted by molar-refractivity contribution is 9.10. The van der Waals surface area contributed by atoms with E-state index in [-0.39, 0.29) is 17.3 Å². The van der Waals surface area contributed by atoms with Crippen LogP contribution in [-0.4, -0.2) is 36.0 Å². The summed E-state index contributed by atoms with van der Waals surface area (Å²) in [6.45, 7) is 1.69. The average molecular weight is 529 g/mol. The third-order valence-corrected chi connectivity index (χ3v) is 7.82. The minimum Gasteiger partial charge on any atom is -0.497 e. The van der Waals surface area contributed by atoms with E-state index < -0.39 is 33.9 Å². The molecule has 3 atom stereocenters. The number of thioether (sulfide) groups is 1. The van der Waals surface area contributed by atoms with Crippen molar-refractivity contribution in [3.63, 3.8) is 0 Å². The summed E-state index contributed by atoms with van der Waals surface area (Å²) in [6.07, 6.45) is 0. The van der Waals surface area contributed by atoms with Gasteiger partial charge in [0.1, 0.15) is 11.6 Å². The number of methoxy groups -OCH3 is 2. The van der Waals surface area contributed by atoms with Gasteiger partial charge in [0.15, 0.2) is 9.91 Å². The first-order valence-electron chi connectivity index (χ1n) is 9.67. The molecule has 0 radical (unpaired) electrons. The number of nitrogens with zero attached hydrogens (tertiary/aromatic N) is 1. The smallest absolute Gasteiger partial charge is 0.329 e. The molecule has 1 saturated carbocycles. The lowest BCUT2D eigenvalue weighted by Gasteiger charge is -2.33. The number of halogens is 4. The van der Waals surface area contributed by atoms with Crippen molar-refractivity contribution >= 4 is 38.8 Å². The first kappa shape index (κ1) is 23.0. The second kappa shape index (κ2) is 7.98. The van der Waals surface area contributed by atoms with Crippen molar-refractivity contribution in [3.05, 3.63) is 63.9 Å². The summed E-state index contributed by atoms with van der Waals surface area (Å²) in [5.74, 6) is -6.06. The Bertz CT molecular complexity index is 1100. The number of hydrogen-bond donors (Lipinski definition) is 1. The van der Waals surface area contributed by atoms with Crippen molar-refractivity contribution in [1.29, 1.82) is 0 Å². The number of carbonyl (C=O) groups is 1. The van der Waals surface area contributed by atoms with Crippen molar-refractivity contribution in [2.45, 2.75) is 29.7 Å². The van der Waals surface area contributed by atoms with Gasteiger partial charge in [0.25, 0.3) is 5.92 Å². The number of aliphatic imine (C=N–C) groups is 1. The summed E-state index contributed by atoms with van der Waals surface area (Å²) in [7, 11) is 2.62. The Morgan fingerprint density at radius 2 is 1.91 bits per heavy atom. The summed E-state index contributed by atoms with van der Waals surface area (Å²) in [5.41, 5.74) is -0.869. The van der Waals surface area contributed by atoms with Crippen LogP contribution in [0.15, 0.2) is 51.9 Å². The van der Waals surface area contributed by atoms with E-state index in [1.54, 1.807) is 19.2 Å². The molecule has 32 heavy (non-hydrogen) atoms. The fourth-order valence-corrected chi connectivity index (χ4v) is 6.16. The number of ether oxygens (including phenoxy) is 2. The maximum Gasteiger partial charge on any atom is 0.329 e. The van der Waals surface area contributed by atoms with Gasteiger partial charge in [-0.15, -0.1) is 0 Å². The Kier molecular flexibility index (Phi) is 5.73. The predicted octanol–water partition coefficient (Wildman–Crippen LogP) is 4.88. The Morgan fingerprint density at radius 3 is 2.53 bits per heavy atom. The number of alkyl halides is 2. The van der Waals surface area contributed by atoms with E-state index >= 15 is 8.78 Å². The number of esters is 1. The Hall–Kier alpha value is -2.20. The number of nitrogens with one attached hydrogen (secondary N) is 1. The molecule has 4 rings (SSSR count). The van der Waals surface area contributed by atoms with Crippen LogP contribution in [0.1, 0.15) is 18.1 Å². The molecule has 0 spiro atoms. The van der Waals surface area contributed by atoms with Crippen LogP contribution in [-0.2, 0) is 21.6 Å². The topological polar surface area (TPSA) is 59.9 Å². The third kappa shape index (κ3) is 3.39. The highest BCUT2D eigenvalue weighted by Gasteiger charge is 2.92. The molecule has 170 valence electrons. The van der Waals surface area contributed by atoms with Crippen molar-refractivity contribution in [2.24, 2.45) is 10.9 Å². The summed E-state index contributed by atoms with van der Waals surface area (Å²) in [4.78, 5) is 17.1. The van der Waals surface area contributed by atoms with Gasteiger partial charge >= 0.3 is 5.97 Å². The van der Waals surface area contributed by atoms with Crippen LogP contribution >= 0.6 is 27.7 Å². The van der Waals surface area contributed by atoms with Gasteiger partial charge in [-0.3, -0.25) is 9.79 Å². The Labute approximate surface area is 195 Å². The number of fused-ring (bicyclic) bond motifs is 1. The van der Waals surface area contributed by atoms with E-state index in [4.69, 9.17) is 9.47 Å². The minimum atomic E-state index is -3.44. The monoisotopic (exact) mass is 528 g/mol. The molecule has 0 unspecified atom stereocenters. The van der Waals surface area contributed by atoms with E-state index in [0.717, 1.165) is 12.7 Å². The second-order valence-corrected chi connectivity index (χ2v) is 9.93. The molecular formula is C22H20BrF3N2O3S. The third-order valence-electron chi connectivity index (χ3n) is 5.90. The summed E-state index contributed by atoms with van der Waals surface area (Å²) in [5, 5.41) is 3.14. The van der Waals surface area contributed by atoms with Gasteiger partial charge in [0.05, 0.1) is 25.7 Å². The lowest BCUT2D eigenvalue weighted by Crippen LogP contribution is -2.41. The van der Waals surface area contributed by atoms with Crippen molar-refractivity contribution in [1.82, 2.24) is 5.32 Å². The molecule has 10 heteroatoms. The highest BCUT2D eigenvalue weighted by Crippen LogP contribution is 2.75. The van der Waals surface area contributed by atoms with Crippen LogP contribution in [0.2, 0.25) is 0 Å². The molecule has 2 aliphatic rings. The fourth-order valence-electron chi connectivity index (χ4n) is 4.25. The summed E-state index contributed by atoms with van der Waals surface area (Å²) >= 11 is 3.90. The van der Waals surface area contributed by atoms with Crippen LogP contribution in [0.25, 0.3) is 0 Å². The molecule has 2 aromatic rings. The van der Waals surface area contributed by atoms with Crippen LogP contribution in [0.4, 0.5) is 13.2 Å². The largest absolute Gasteiger partial charge is 0.497 e. The zero-order valence-electron chi connectivity index (χ0n) is 17.4. The van der Waals surface area contributed by atoms with Crippen molar-refractivity contribution < 1.29 is 27.4 Å². The van der Waals surface area contributed by atoms with E-state index in [9.17, 15) is 9.18 Å². The molecule has 2 aromatic carbocycles. The molecule has 1 aliphatic carbocycles. The number of carbonyl (C=O) groups excluding carboxylic acids is 1. The van der Waals surface area contributed by atoms with Crippen LogP contribution in [0.5, 0.6) is 5.75 Å². The quantitative estimate of drug-likeness (QED) is 0.560. The van der Waals surface area contributed by atoms with Crippen LogP contribution < -0.4 is 10.1 Å². The molecule has 1 heterocycles. The van der Waals surface area contributed by atoms with Gasteiger partial charge in [-0.25, -0.2) is 13.2 Å².